The molecule has 0 radical (unpaired) electrons. The third-order valence-corrected chi connectivity index (χ3v) is 10.2. The summed E-state index contributed by atoms with van der Waals surface area (Å²) in [4.78, 5) is 13.1. The number of hydrogen-bond donors (Lipinski definition) is 2. The molecule has 1 saturated heterocycles. The van der Waals surface area contributed by atoms with Crippen molar-refractivity contribution in [3.8, 4) is 11.5 Å². The zero-order chi connectivity index (χ0) is 29.1. The zero-order valence-electron chi connectivity index (χ0n) is 22.8. The van der Waals surface area contributed by atoms with Gasteiger partial charge in [0.15, 0.2) is 0 Å². The Kier molecular flexibility index (Phi) is 8.71. The van der Waals surface area contributed by atoms with Crippen LogP contribution in [0.2, 0.25) is 0 Å². The first kappa shape index (κ1) is 29.4. The van der Waals surface area contributed by atoms with Gasteiger partial charge in [0.1, 0.15) is 11.5 Å². The summed E-state index contributed by atoms with van der Waals surface area (Å²) in [7, 11) is -4.81. The van der Waals surface area contributed by atoms with Gasteiger partial charge in [-0.25, -0.2) is 16.8 Å². The maximum Gasteiger partial charge on any atom is 0.262 e. The van der Waals surface area contributed by atoms with Crippen molar-refractivity contribution < 1.29 is 31.1 Å². The highest BCUT2D eigenvalue weighted by Gasteiger charge is 2.29. The number of anilines is 2. The summed E-state index contributed by atoms with van der Waals surface area (Å²) in [5.41, 5.74) is 1.39. The number of hydrogen-bond acceptors (Lipinski definition) is 7. The molecule has 0 unspecified atom stereocenters. The van der Waals surface area contributed by atoms with Gasteiger partial charge in [0, 0.05) is 30.4 Å². The first-order chi connectivity index (χ1) is 18.9. The Morgan fingerprint density at radius 2 is 1.52 bits per heavy atom. The fourth-order valence-electron chi connectivity index (χ4n) is 4.39. The van der Waals surface area contributed by atoms with Gasteiger partial charge in [-0.15, -0.1) is 0 Å². The van der Waals surface area contributed by atoms with Gasteiger partial charge in [0.05, 0.1) is 29.7 Å². The summed E-state index contributed by atoms with van der Waals surface area (Å²) >= 11 is 0. The number of nitrogens with one attached hydrogen (secondary N) is 2. The maximum atomic E-state index is 13.2. The minimum atomic E-state index is -3.98. The van der Waals surface area contributed by atoms with Gasteiger partial charge in [-0.2, -0.15) is 4.31 Å². The molecule has 40 heavy (non-hydrogen) atoms. The molecule has 4 rings (SSSR count). The second kappa shape index (κ2) is 11.9. The van der Waals surface area contributed by atoms with Crippen molar-refractivity contribution in [2.75, 3.05) is 37.3 Å². The number of ether oxygens (including phenoxy) is 2. The molecule has 2 N–H and O–H groups in total. The van der Waals surface area contributed by atoms with Crippen LogP contribution in [0.5, 0.6) is 11.5 Å². The third-order valence-electron chi connectivity index (χ3n) is 6.91. The number of benzene rings is 3. The smallest absolute Gasteiger partial charge is 0.262 e. The summed E-state index contributed by atoms with van der Waals surface area (Å²) in [6, 6.07) is 14.9. The van der Waals surface area contributed by atoms with Gasteiger partial charge < -0.3 is 14.8 Å². The van der Waals surface area contributed by atoms with Gasteiger partial charge in [-0.1, -0.05) is 13.0 Å². The Bertz CT molecular complexity index is 1600. The number of nitrogens with zero attached hydrogens (tertiary/aromatic N) is 1. The molecule has 3 aromatic rings. The molecular weight excluding hydrogens is 554 g/mol. The van der Waals surface area contributed by atoms with Crippen LogP contribution < -0.4 is 19.5 Å². The Balaban J connectivity index is 1.50. The van der Waals surface area contributed by atoms with E-state index in [9.17, 15) is 21.6 Å². The highest BCUT2D eigenvalue weighted by molar-refractivity contribution is 7.92. The van der Waals surface area contributed by atoms with Crippen molar-refractivity contribution in [1.82, 2.24) is 4.31 Å². The fraction of sp³-hybridized carbons (Fsp3) is 0.321. The first-order valence-electron chi connectivity index (χ1n) is 12.7. The van der Waals surface area contributed by atoms with Crippen molar-refractivity contribution in [2.45, 2.75) is 36.5 Å². The first-order valence-corrected chi connectivity index (χ1v) is 15.6. The van der Waals surface area contributed by atoms with Crippen molar-refractivity contribution in [3.05, 3.63) is 71.8 Å². The lowest BCUT2D eigenvalue weighted by atomic mass is 10.0. The number of amides is 1. The number of rotatable bonds is 9. The highest BCUT2D eigenvalue weighted by Crippen LogP contribution is 2.31. The van der Waals surface area contributed by atoms with Gasteiger partial charge in [0.25, 0.3) is 15.9 Å². The van der Waals surface area contributed by atoms with E-state index in [0.29, 0.717) is 41.8 Å². The van der Waals surface area contributed by atoms with Gasteiger partial charge in [-0.3, -0.25) is 9.52 Å². The molecule has 0 aliphatic carbocycles. The summed E-state index contributed by atoms with van der Waals surface area (Å²) in [5.74, 6) is 0.751. The maximum absolute atomic E-state index is 13.2. The van der Waals surface area contributed by atoms with Crippen LogP contribution in [0.1, 0.15) is 35.7 Å². The number of carbonyl (C=O) groups is 1. The fourth-order valence-corrected chi connectivity index (χ4v) is 6.95. The Morgan fingerprint density at radius 1 is 0.875 bits per heavy atom. The van der Waals surface area contributed by atoms with Gasteiger partial charge in [-0.05, 0) is 79.8 Å². The molecule has 1 heterocycles. The van der Waals surface area contributed by atoms with E-state index in [0.717, 1.165) is 12.8 Å². The average Bonchev–Trinajstić information content (AvgIpc) is 2.93. The molecule has 1 aliphatic rings. The van der Waals surface area contributed by atoms with Crippen LogP contribution in [0.4, 0.5) is 11.4 Å². The van der Waals surface area contributed by atoms with Crippen molar-refractivity contribution in [2.24, 2.45) is 5.92 Å². The van der Waals surface area contributed by atoms with Crippen LogP contribution in [-0.4, -0.2) is 54.4 Å². The summed E-state index contributed by atoms with van der Waals surface area (Å²) < 4.78 is 66.7. The number of sulfonamides is 2. The van der Waals surface area contributed by atoms with Gasteiger partial charge >= 0.3 is 0 Å². The molecule has 12 heteroatoms. The normalized spacial score (nSPS) is 14.9. The minimum absolute atomic E-state index is 0.0320. The van der Waals surface area contributed by atoms with Crippen molar-refractivity contribution in [3.63, 3.8) is 0 Å². The lowest BCUT2D eigenvalue weighted by molar-refractivity contribution is 0.102. The molecule has 0 aromatic heterocycles. The van der Waals surface area contributed by atoms with E-state index in [4.69, 9.17) is 9.47 Å². The molecule has 0 saturated carbocycles. The van der Waals surface area contributed by atoms with Crippen LogP contribution in [0.15, 0.2) is 70.5 Å². The second-order valence-corrected chi connectivity index (χ2v) is 13.3. The monoisotopic (exact) mass is 587 g/mol. The number of carbonyl (C=O) groups excluding carboxylic acids is 1. The summed E-state index contributed by atoms with van der Waals surface area (Å²) in [6.45, 7) is 4.73. The molecule has 0 spiro atoms. The average molecular weight is 588 g/mol. The Labute approximate surface area is 235 Å². The molecule has 214 valence electrons. The molecule has 10 nitrogen and oxygen atoms in total. The molecule has 1 aliphatic heterocycles. The quantitative estimate of drug-likeness (QED) is 0.377. The van der Waals surface area contributed by atoms with E-state index >= 15 is 0 Å². The number of piperidine rings is 1. The number of aryl methyl sites for hydroxylation is 1. The Morgan fingerprint density at radius 3 is 2.15 bits per heavy atom. The van der Waals surface area contributed by atoms with Crippen LogP contribution in [-0.2, 0) is 20.0 Å². The van der Waals surface area contributed by atoms with E-state index < -0.39 is 26.0 Å². The van der Waals surface area contributed by atoms with E-state index in [-0.39, 0.29) is 21.0 Å². The molecule has 0 bridgehead atoms. The predicted molar refractivity (Wildman–Crippen MR) is 153 cm³/mol. The highest BCUT2D eigenvalue weighted by atomic mass is 32.2. The topological polar surface area (TPSA) is 131 Å². The Hall–Kier alpha value is -3.61. The predicted octanol–water partition coefficient (Wildman–Crippen LogP) is 4.49. The van der Waals surface area contributed by atoms with E-state index in [1.165, 1.54) is 61.0 Å². The van der Waals surface area contributed by atoms with Crippen LogP contribution in [0.25, 0.3) is 0 Å². The van der Waals surface area contributed by atoms with Crippen molar-refractivity contribution in [1.29, 1.82) is 0 Å². The third kappa shape index (κ3) is 6.40. The largest absolute Gasteiger partial charge is 0.497 e. The molecule has 0 atom stereocenters. The molecule has 1 amide bonds. The molecular formula is C28H33N3O7S2. The van der Waals surface area contributed by atoms with Crippen LogP contribution >= 0.6 is 0 Å². The lowest BCUT2D eigenvalue weighted by Gasteiger charge is -2.29. The number of methoxy groups -OCH3 is 2. The van der Waals surface area contributed by atoms with Crippen LogP contribution in [0, 0.1) is 12.8 Å². The lowest BCUT2D eigenvalue weighted by Crippen LogP contribution is -2.38. The van der Waals surface area contributed by atoms with E-state index in [1.807, 2.05) is 0 Å². The summed E-state index contributed by atoms with van der Waals surface area (Å²) in [5, 5.41) is 2.73. The zero-order valence-corrected chi connectivity index (χ0v) is 24.4. The summed E-state index contributed by atoms with van der Waals surface area (Å²) in [6.07, 6.45) is 1.60. The van der Waals surface area contributed by atoms with Gasteiger partial charge in [0.2, 0.25) is 10.0 Å². The van der Waals surface area contributed by atoms with Crippen molar-refractivity contribution >= 4 is 37.3 Å². The van der Waals surface area contributed by atoms with E-state index in [1.54, 1.807) is 25.1 Å². The standard InChI is InChI=1S/C28H33N3O7S2/c1-19-13-15-31(16-14-19)40(35,36)24-9-5-20(2)25(18-24)28(32)29-21-6-10-23(11-7-21)39(33,34)30-26-17-22(37-3)8-12-27(26)38-4/h5-12,17-19,30H,13-16H2,1-4H3,(H,29,32). The SMILES string of the molecule is COc1ccc(OC)c(NS(=O)(=O)c2ccc(NC(=O)c3cc(S(=O)(=O)N4CCC(C)CC4)ccc3C)cc2)c1. The molecule has 3 aromatic carbocycles. The minimum Gasteiger partial charge on any atom is -0.497 e. The van der Waals surface area contributed by atoms with E-state index in [2.05, 4.69) is 17.0 Å². The molecule has 1 fully saturated rings. The van der Waals surface area contributed by atoms with Crippen LogP contribution in [0.3, 0.4) is 0 Å². The second-order valence-electron chi connectivity index (χ2n) is 9.71.